The second kappa shape index (κ2) is 20.2. The number of aliphatic hydroxyl groups excluding tert-OH is 1. The lowest BCUT2D eigenvalue weighted by Gasteiger charge is -2.34. The molecular formula is C25H39B3Cl2N11O4. The fourth-order valence-electron chi connectivity index (χ4n) is 4.49. The lowest BCUT2D eigenvalue weighted by Crippen LogP contribution is -2.50. The minimum atomic E-state index is -0.643. The molecule has 4 rings (SSSR count). The van der Waals surface area contributed by atoms with Crippen LogP contribution in [0.25, 0.3) is 0 Å². The van der Waals surface area contributed by atoms with Crippen molar-refractivity contribution in [2.24, 2.45) is 0 Å². The Kier molecular flexibility index (Phi) is 17.9. The van der Waals surface area contributed by atoms with Gasteiger partial charge in [-0.2, -0.15) is 0 Å². The van der Waals surface area contributed by atoms with Crippen LogP contribution in [0.1, 0.15) is 47.7 Å². The van der Waals surface area contributed by atoms with Gasteiger partial charge in [-0.15, -0.1) is 0 Å². The average molecular weight is 661 g/mol. The molecule has 0 aliphatic carbocycles. The highest BCUT2D eigenvalue weighted by molar-refractivity contribution is 6.75. The summed E-state index contributed by atoms with van der Waals surface area (Å²) in [7, 11) is 9.26. The van der Waals surface area contributed by atoms with Gasteiger partial charge in [-0.05, 0) is 12.8 Å². The molecule has 15 nitrogen and oxygen atoms in total. The van der Waals surface area contributed by atoms with E-state index in [0.717, 1.165) is 52.1 Å². The highest BCUT2D eigenvalue weighted by Gasteiger charge is 2.26. The van der Waals surface area contributed by atoms with Crippen LogP contribution in [0.15, 0.2) is 0 Å². The maximum absolute atomic E-state index is 11.9. The number of aromatic nitrogens is 4. The molecule has 2 aromatic heterocycles. The molecule has 4 heterocycles. The van der Waals surface area contributed by atoms with E-state index < -0.39 is 11.9 Å². The average Bonchev–Trinajstić information content (AvgIpc) is 3.06. The predicted octanol–water partition coefficient (Wildman–Crippen LogP) is -0.833. The lowest BCUT2D eigenvalue weighted by molar-refractivity contribution is 0.0594. The monoisotopic (exact) mass is 660 g/mol. The number of carbonyl (C=O) groups excluding carboxylic acids is 2. The van der Waals surface area contributed by atoms with Crippen LogP contribution in [0.5, 0.6) is 0 Å². The Morgan fingerprint density at radius 1 is 0.933 bits per heavy atom. The summed E-state index contributed by atoms with van der Waals surface area (Å²) in [4.78, 5) is 44.0. The number of nitrogens with one attached hydrogen (secondary N) is 3. The number of nitrogens with zero attached hydrogens (tertiary/aromatic N) is 6. The van der Waals surface area contributed by atoms with Gasteiger partial charge in [0.2, 0.25) is 0 Å². The molecule has 2 aliphatic rings. The van der Waals surface area contributed by atoms with Gasteiger partial charge in [0, 0.05) is 81.8 Å². The molecular weight excluding hydrogens is 622 g/mol. The third kappa shape index (κ3) is 11.1. The van der Waals surface area contributed by atoms with Crippen LogP contribution < -0.4 is 37.2 Å². The fraction of sp³-hybridized carbons (Fsp3) is 0.600. The van der Waals surface area contributed by atoms with Gasteiger partial charge in [-0.3, -0.25) is 4.79 Å². The fourth-order valence-corrected chi connectivity index (χ4v) is 4.98. The Bertz CT molecular complexity index is 1260. The highest BCUT2D eigenvalue weighted by atomic mass is 35.5. The zero-order valence-electron chi connectivity index (χ0n) is 25.7. The number of hydrogen-bond donors (Lipinski definition) is 6. The molecule has 7 radical (unpaired) electrons. The number of methoxy groups -OCH3 is 1. The van der Waals surface area contributed by atoms with Gasteiger partial charge in [0.25, 0.3) is 5.91 Å². The number of piperazine rings is 2. The first-order chi connectivity index (χ1) is 21.1. The molecule has 241 valence electrons. The van der Waals surface area contributed by atoms with Gasteiger partial charge in [0.05, 0.1) is 13.7 Å². The summed E-state index contributed by atoms with van der Waals surface area (Å²) in [5.74, 6) is -0.0757. The Balaban J connectivity index is 0.000000419. The molecule has 1 amide bonds. The number of carbonyl (C=O) groups is 2. The van der Waals surface area contributed by atoms with E-state index in [2.05, 4.69) is 69.9 Å². The van der Waals surface area contributed by atoms with Crippen molar-refractivity contribution in [1.82, 2.24) is 35.9 Å². The van der Waals surface area contributed by atoms with Crippen molar-refractivity contribution in [3.8, 4) is 0 Å². The Labute approximate surface area is 278 Å². The number of ether oxygens (including phenoxy) is 1. The number of esters is 1. The van der Waals surface area contributed by atoms with E-state index in [0.29, 0.717) is 23.7 Å². The molecule has 2 aromatic rings. The van der Waals surface area contributed by atoms with Gasteiger partial charge >= 0.3 is 5.97 Å². The quantitative estimate of drug-likeness (QED) is 0.151. The van der Waals surface area contributed by atoms with E-state index in [1.807, 2.05) is 9.80 Å². The van der Waals surface area contributed by atoms with E-state index in [1.54, 1.807) is 0 Å². The van der Waals surface area contributed by atoms with Crippen LogP contribution in [0.4, 0.5) is 23.3 Å². The van der Waals surface area contributed by atoms with Gasteiger partial charge in [0.15, 0.2) is 45.0 Å². The van der Waals surface area contributed by atoms with E-state index in [4.69, 9.17) is 39.8 Å². The van der Waals surface area contributed by atoms with Crippen LogP contribution >= 0.6 is 23.2 Å². The Hall–Kier alpha value is -3.05. The van der Waals surface area contributed by atoms with Gasteiger partial charge in [-0.1, -0.05) is 37.0 Å². The molecule has 20 heteroatoms. The van der Waals surface area contributed by atoms with Gasteiger partial charge < -0.3 is 47.1 Å². The van der Waals surface area contributed by atoms with Crippen LogP contribution in [0.3, 0.4) is 0 Å². The first-order valence-corrected chi connectivity index (χ1v) is 14.8. The molecule has 0 spiro atoms. The minimum absolute atomic E-state index is 0. The van der Waals surface area contributed by atoms with Crippen molar-refractivity contribution in [3.05, 3.63) is 21.7 Å². The van der Waals surface area contributed by atoms with Crippen molar-refractivity contribution in [2.45, 2.75) is 38.8 Å². The molecule has 45 heavy (non-hydrogen) atoms. The van der Waals surface area contributed by atoms with E-state index >= 15 is 0 Å². The summed E-state index contributed by atoms with van der Waals surface area (Å²) >= 11 is 12.3. The number of halogens is 2. The number of nitrogen functional groups attached to an aromatic ring is 2. The summed E-state index contributed by atoms with van der Waals surface area (Å²) in [5.41, 5.74) is 11.5. The Morgan fingerprint density at radius 2 is 1.38 bits per heavy atom. The van der Waals surface area contributed by atoms with Crippen molar-refractivity contribution < 1.29 is 19.4 Å². The second-order valence-electron chi connectivity index (χ2n) is 9.63. The third-order valence-electron chi connectivity index (χ3n) is 6.81. The molecule has 0 aromatic carbocycles. The predicted molar refractivity (Wildman–Crippen MR) is 180 cm³/mol. The number of hydrogen-bond acceptors (Lipinski definition) is 14. The SMILES string of the molecule is CC[C@H]1CN(c2nc(N)c(C(=O)NCCO)nc2Cl)CCN1.CC[C@H]1CN(c2nc(N)c(C(=O)OC)nc2Cl)CCN1.[B].[B][B]. The van der Waals surface area contributed by atoms with E-state index in [1.165, 1.54) is 7.11 Å². The Morgan fingerprint density at radius 3 is 1.80 bits per heavy atom. The normalized spacial score (nSPS) is 17.5. The number of aliphatic hydroxyl groups is 1. The minimum Gasteiger partial charge on any atom is -0.464 e. The molecule has 2 aliphatic heterocycles. The summed E-state index contributed by atoms with van der Waals surface area (Å²) < 4.78 is 4.59. The summed E-state index contributed by atoms with van der Waals surface area (Å²) in [6.45, 7) is 8.91. The van der Waals surface area contributed by atoms with Crippen molar-refractivity contribution in [2.75, 3.05) is 80.8 Å². The first kappa shape index (κ1) is 40.0. The molecule has 0 unspecified atom stereocenters. The van der Waals surface area contributed by atoms with E-state index in [-0.39, 0.29) is 54.9 Å². The first-order valence-electron chi connectivity index (χ1n) is 14.1. The molecule has 2 saturated heterocycles. The van der Waals surface area contributed by atoms with Gasteiger partial charge in [-0.25, -0.2) is 24.7 Å². The third-order valence-corrected chi connectivity index (χ3v) is 7.32. The van der Waals surface area contributed by atoms with Crippen molar-refractivity contribution in [3.63, 3.8) is 0 Å². The zero-order valence-corrected chi connectivity index (χ0v) is 27.2. The second-order valence-corrected chi connectivity index (χ2v) is 10.3. The number of rotatable bonds is 8. The van der Waals surface area contributed by atoms with E-state index in [9.17, 15) is 9.59 Å². The molecule has 8 N–H and O–H groups in total. The van der Waals surface area contributed by atoms with Crippen LogP contribution in [0.2, 0.25) is 10.3 Å². The summed E-state index contributed by atoms with van der Waals surface area (Å²) in [6, 6.07) is 0.739. The number of nitrogens with two attached hydrogens (primary N) is 2. The van der Waals surface area contributed by atoms with Crippen LogP contribution in [0, 0.1) is 0 Å². The maximum Gasteiger partial charge on any atom is 0.360 e. The molecule has 2 atom stereocenters. The summed E-state index contributed by atoms with van der Waals surface area (Å²) in [6.07, 6.45) is 2.01. The highest BCUT2D eigenvalue weighted by Crippen LogP contribution is 2.27. The number of amides is 1. The number of anilines is 4. The molecule has 0 saturated carbocycles. The van der Waals surface area contributed by atoms with Crippen molar-refractivity contribution in [1.29, 1.82) is 0 Å². The van der Waals surface area contributed by atoms with Crippen LogP contribution in [-0.2, 0) is 4.74 Å². The largest absolute Gasteiger partial charge is 0.464 e. The lowest BCUT2D eigenvalue weighted by atomic mass is 9.81. The summed E-state index contributed by atoms with van der Waals surface area (Å²) in [5, 5.41) is 18.3. The molecule has 0 bridgehead atoms. The van der Waals surface area contributed by atoms with Crippen molar-refractivity contribution >= 4 is 82.2 Å². The molecule has 2 fully saturated rings. The van der Waals surface area contributed by atoms with Gasteiger partial charge in [0.1, 0.15) is 0 Å². The topological polar surface area (TPSA) is 210 Å². The standard InChI is InChI=1S/C13H21ClN6O2.C12H18ClN5O2.B2.B/c1-2-8-7-20(5-3-16-8)12-10(14)18-9(11(15)19-12)13(22)17-4-6-21;1-3-7-6-18(5-4-15-7)11-9(13)16-8(10(14)17-11)12(19)20-2;1-2;/h8,16,21H,2-7H2,1H3,(H2,15,19)(H,17,22);7,15H,3-6H2,1-2H3,(H2,14,17);;/t8-;7-;;/m00../s1. The maximum atomic E-state index is 11.9. The zero-order chi connectivity index (χ0) is 32.8. The smallest absolute Gasteiger partial charge is 0.360 e. The van der Waals surface area contributed by atoms with Crippen LogP contribution in [-0.4, -0.2) is 132 Å².